The molecule has 1 aliphatic rings. The molecule has 1 unspecified atom stereocenters. The van der Waals surface area contributed by atoms with Crippen LogP contribution in [0.5, 0.6) is 11.5 Å². The second-order valence-corrected chi connectivity index (χ2v) is 15.9. The molecule has 1 heterocycles. The van der Waals surface area contributed by atoms with E-state index in [1.807, 2.05) is 6.07 Å². The smallest absolute Gasteiger partial charge is 0.490 e. The molecule has 0 radical (unpaired) electrons. The number of carbonyl (C=O) groups is 1. The van der Waals surface area contributed by atoms with Gasteiger partial charge >= 0.3 is 29.6 Å². The van der Waals surface area contributed by atoms with Gasteiger partial charge in [-0.3, -0.25) is 28.8 Å². The van der Waals surface area contributed by atoms with Crippen LogP contribution in [0.2, 0.25) is 0 Å². The maximum Gasteiger partial charge on any atom is 0.528 e. The number of amides is 1. The predicted molar refractivity (Wildman–Crippen MR) is 188 cm³/mol. The summed E-state index contributed by atoms with van der Waals surface area (Å²) < 4.78 is 66.3. The molecule has 54 heavy (non-hydrogen) atoms. The third kappa shape index (κ3) is 13.3. The van der Waals surface area contributed by atoms with Gasteiger partial charge in [-0.15, -0.1) is 0 Å². The summed E-state index contributed by atoms with van der Waals surface area (Å²) in [6.45, 7) is 1.94. The molecule has 1 amide bonds. The number of carbonyl (C=O) groups excluding carboxylic acids is 1. The zero-order valence-corrected chi connectivity index (χ0v) is 31.4. The molecule has 23 heteroatoms. The molecule has 0 aliphatic heterocycles. The number of rotatable bonds is 19. The largest absolute Gasteiger partial charge is 0.528 e. The number of unbranched alkanes of at least 4 members (excludes halogenated alkanes) is 5. The van der Waals surface area contributed by atoms with Crippen molar-refractivity contribution in [1.29, 1.82) is 0 Å². The van der Waals surface area contributed by atoms with Gasteiger partial charge in [0.15, 0.2) is 11.5 Å². The van der Waals surface area contributed by atoms with Crippen LogP contribution < -0.4 is 14.6 Å². The normalized spacial score (nSPS) is 23.1. The Hall–Kier alpha value is -3.03. The molecule has 1 fully saturated rings. The zero-order chi connectivity index (χ0) is 39.7. The second-order valence-electron chi connectivity index (χ2n) is 12.2. The SMILES string of the molecule is CCCCCCCCOc1cc(COC(=O)Nc2ccc3ncccc3c2)ccc1OP(=O)(O)O[C@@H]1[C@@H](O)[C@H](OP(=O)(O)O)[C@@H](OP(=O)(O)O)[C@H](O)[C@@H]1O. The minimum absolute atomic E-state index is 0.104. The Kier molecular flexibility index (Phi) is 15.5. The summed E-state index contributed by atoms with van der Waals surface area (Å²) in [6.07, 6.45) is -8.48. The number of phosphoric ester groups is 3. The number of nitrogens with zero attached hydrogens (tertiary/aromatic N) is 1. The van der Waals surface area contributed by atoms with Crippen molar-refractivity contribution in [2.24, 2.45) is 0 Å². The fourth-order valence-corrected chi connectivity index (χ4v) is 7.63. The summed E-state index contributed by atoms with van der Waals surface area (Å²) in [4.78, 5) is 64.5. The highest BCUT2D eigenvalue weighted by Crippen LogP contribution is 2.52. The van der Waals surface area contributed by atoms with Crippen LogP contribution in [0.25, 0.3) is 10.9 Å². The van der Waals surface area contributed by atoms with Crippen molar-refractivity contribution in [1.82, 2.24) is 4.98 Å². The number of phosphoric acid groups is 3. The molecule has 1 aromatic heterocycles. The number of hydrogen-bond donors (Lipinski definition) is 9. The Morgan fingerprint density at radius 2 is 1.41 bits per heavy atom. The number of benzene rings is 2. The highest BCUT2D eigenvalue weighted by atomic mass is 31.2. The first-order valence-corrected chi connectivity index (χ1v) is 21.2. The van der Waals surface area contributed by atoms with Gasteiger partial charge in [0.25, 0.3) is 0 Å². The van der Waals surface area contributed by atoms with E-state index in [0.29, 0.717) is 17.7 Å². The van der Waals surface area contributed by atoms with Crippen LogP contribution in [0.15, 0.2) is 54.7 Å². The lowest BCUT2D eigenvalue weighted by Gasteiger charge is -2.44. The number of nitrogens with one attached hydrogen (secondary N) is 1. The van der Waals surface area contributed by atoms with Crippen molar-refractivity contribution in [2.45, 2.75) is 88.7 Å². The Balaban J connectivity index is 1.49. The maximum absolute atomic E-state index is 13.3. The van der Waals surface area contributed by atoms with Crippen LogP contribution >= 0.6 is 23.5 Å². The van der Waals surface area contributed by atoms with Crippen LogP contribution in [0.1, 0.15) is 51.0 Å². The Labute approximate surface area is 309 Å². The van der Waals surface area contributed by atoms with Gasteiger partial charge in [-0.1, -0.05) is 51.2 Å². The van der Waals surface area contributed by atoms with Gasteiger partial charge in [0.2, 0.25) is 0 Å². The Bertz CT molecular complexity index is 1860. The first-order valence-electron chi connectivity index (χ1n) is 16.6. The highest BCUT2D eigenvalue weighted by Gasteiger charge is 2.56. The minimum Gasteiger partial charge on any atom is -0.490 e. The predicted octanol–water partition coefficient (Wildman–Crippen LogP) is 3.64. The monoisotopic (exact) mass is 824 g/mol. The summed E-state index contributed by atoms with van der Waals surface area (Å²) in [6, 6.07) is 12.6. The molecule has 2 aromatic carbocycles. The lowest BCUT2D eigenvalue weighted by atomic mass is 9.85. The van der Waals surface area contributed by atoms with Crippen molar-refractivity contribution in [3.05, 3.63) is 60.3 Å². The highest BCUT2D eigenvalue weighted by molar-refractivity contribution is 7.48. The fourth-order valence-electron chi connectivity index (χ4n) is 5.50. The lowest BCUT2D eigenvalue weighted by Crippen LogP contribution is -2.65. The summed E-state index contributed by atoms with van der Waals surface area (Å²) in [7, 11) is -16.6. The molecule has 4 rings (SSSR count). The number of ether oxygens (including phenoxy) is 2. The van der Waals surface area contributed by atoms with Crippen LogP contribution in [0.4, 0.5) is 10.5 Å². The maximum atomic E-state index is 13.3. The number of hydrogen-bond acceptors (Lipinski definition) is 14. The van der Waals surface area contributed by atoms with E-state index in [1.165, 1.54) is 18.2 Å². The average molecular weight is 825 g/mol. The fraction of sp³-hybridized carbons (Fsp3) is 0.484. The van der Waals surface area contributed by atoms with Crippen molar-refractivity contribution >= 4 is 46.2 Å². The van der Waals surface area contributed by atoms with E-state index in [-0.39, 0.29) is 19.0 Å². The molecule has 1 saturated carbocycles. The van der Waals surface area contributed by atoms with Gasteiger partial charge in [-0.05, 0) is 48.4 Å². The van der Waals surface area contributed by atoms with Crippen molar-refractivity contribution in [2.75, 3.05) is 11.9 Å². The molecule has 300 valence electrons. The second kappa shape index (κ2) is 19.2. The van der Waals surface area contributed by atoms with Crippen molar-refractivity contribution in [3.63, 3.8) is 0 Å². The summed E-state index contributed by atoms with van der Waals surface area (Å²) in [5.41, 5.74) is 1.55. The van der Waals surface area contributed by atoms with E-state index >= 15 is 0 Å². The lowest BCUT2D eigenvalue weighted by molar-refractivity contribution is -0.212. The molecule has 1 aliphatic carbocycles. The van der Waals surface area contributed by atoms with Crippen molar-refractivity contribution < 1.29 is 85.8 Å². The summed E-state index contributed by atoms with van der Waals surface area (Å²) in [5, 5.41) is 35.3. The molecule has 3 aromatic rings. The molecular weight excluding hydrogens is 781 g/mol. The number of fused-ring (bicyclic) bond motifs is 1. The summed E-state index contributed by atoms with van der Waals surface area (Å²) in [5.74, 6) is -0.497. The van der Waals surface area contributed by atoms with Gasteiger partial charge in [-0.2, -0.15) is 0 Å². The third-order valence-electron chi connectivity index (χ3n) is 7.99. The molecule has 20 nitrogen and oxygen atoms in total. The first kappa shape index (κ1) is 43.7. The van der Waals surface area contributed by atoms with E-state index < -0.39 is 71.9 Å². The quantitative estimate of drug-likeness (QED) is 0.0615. The van der Waals surface area contributed by atoms with Gasteiger partial charge in [0, 0.05) is 17.3 Å². The third-order valence-corrected chi connectivity index (χ3v) is 9.96. The molecule has 0 saturated heterocycles. The molecule has 0 spiro atoms. The first-order chi connectivity index (χ1) is 25.4. The van der Waals surface area contributed by atoms with E-state index in [2.05, 4.69) is 26.3 Å². The molecule has 9 N–H and O–H groups in total. The number of aliphatic hydroxyl groups excluding tert-OH is 3. The Morgan fingerprint density at radius 1 is 0.759 bits per heavy atom. The molecule has 0 bridgehead atoms. The summed E-state index contributed by atoms with van der Waals surface area (Å²) >= 11 is 0. The number of aliphatic hydroxyl groups is 3. The standard InChI is InChI=1S/C31H43N2O18P3/c1-2-3-4-5-6-7-15-46-24-16-19(18-47-31(37)33-21-11-12-22-20(17-21)9-8-14-32-22)10-13-23(24)48-54(44,45)51-28-25(34)26(35)29(49-52(38,39)40)30(27(28)36)50-53(41,42)43/h8-14,16-17,25-30,34-36H,2-7,15,18H2,1H3,(H,33,37)(H,44,45)(H2,38,39,40)(H2,41,42,43)/t25-,26+,27+,28-,29-,30-/m0/s1. The Morgan fingerprint density at radius 3 is 2.09 bits per heavy atom. The van der Waals surface area contributed by atoms with Crippen LogP contribution in [0.3, 0.4) is 0 Å². The molecular formula is C31H43N2O18P3. The van der Waals surface area contributed by atoms with Crippen molar-refractivity contribution in [3.8, 4) is 11.5 Å². The van der Waals surface area contributed by atoms with Crippen LogP contribution in [-0.4, -0.2) is 94.1 Å². The van der Waals surface area contributed by atoms with Crippen LogP contribution in [-0.2, 0) is 38.6 Å². The van der Waals surface area contributed by atoms with E-state index in [1.54, 1.807) is 30.5 Å². The van der Waals surface area contributed by atoms with Gasteiger partial charge in [-0.25, -0.2) is 18.5 Å². The van der Waals surface area contributed by atoms with Gasteiger partial charge in [0.1, 0.15) is 43.2 Å². The van der Waals surface area contributed by atoms with E-state index in [9.17, 15) is 58.3 Å². The number of aromatic nitrogens is 1. The van der Waals surface area contributed by atoms with Gasteiger partial charge in [0.05, 0.1) is 12.1 Å². The van der Waals surface area contributed by atoms with E-state index in [4.69, 9.17) is 18.5 Å². The van der Waals surface area contributed by atoms with Crippen LogP contribution in [0, 0.1) is 0 Å². The molecule has 7 atom stereocenters. The topological polar surface area (TPSA) is 310 Å². The zero-order valence-electron chi connectivity index (χ0n) is 28.8. The number of pyridine rings is 1. The minimum atomic E-state index is -5.58. The van der Waals surface area contributed by atoms with E-state index in [0.717, 1.165) is 43.0 Å². The average Bonchev–Trinajstić information content (AvgIpc) is 3.09. The van der Waals surface area contributed by atoms with Gasteiger partial charge < -0.3 is 48.9 Å². The number of anilines is 1.